The SMILES string of the molecule is CC(N)CCSC(C)C(=O)NC(N)=O. The zero-order chi connectivity index (χ0) is 11.1. The molecule has 0 aromatic heterocycles. The minimum Gasteiger partial charge on any atom is -0.351 e. The fraction of sp³-hybridized carbons (Fsp3) is 0.750. The van der Waals surface area contributed by atoms with E-state index in [1.165, 1.54) is 11.8 Å². The van der Waals surface area contributed by atoms with E-state index in [1.807, 2.05) is 12.2 Å². The van der Waals surface area contributed by atoms with Gasteiger partial charge in [0.1, 0.15) is 0 Å². The Morgan fingerprint density at radius 3 is 2.43 bits per heavy atom. The van der Waals surface area contributed by atoms with Crippen molar-refractivity contribution in [1.82, 2.24) is 5.32 Å². The van der Waals surface area contributed by atoms with Gasteiger partial charge in [-0.3, -0.25) is 10.1 Å². The molecule has 0 aliphatic carbocycles. The summed E-state index contributed by atoms with van der Waals surface area (Å²) in [4.78, 5) is 21.5. The molecule has 0 heterocycles. The van der Waals surface area contributed by atoms with Crippen molar-refractivity contribution in [2.45, 2.75) is 31.6 Å². The van der Waals surface area contributed by atoms with Crippen molar-refractivity contribution in [3.63, 3.8) is 0 Å². The molecule has 5 N–H and O–H groups in total. The van der Waals surface area contributed by atoms with E-state index in [0.29, 0.717) is 0 Å². The molecule has 14 heavy (non-hydrogen) atoms. The number of thioether (sulfide) groups is 1. The number of imide groups is 1. The van der Waals surface area contributed by atoms with Crippen LogP contribution in [0.3, 0.4) is 0 Å². The second kappa shape index (κ2) is 6.67. The Hall–Kier alpha value is -0.750. The maximum atomic E-state index is 11.2. The number of amides is 3. The molecule has 0 aliphatic heterocycles. The maximum Gasteiger partial charge on any atom is 0.318 e. The number of carbonyl (C=O) groups excluding carboxylic acids is 2. The summed E-state index contributed by atoms with van der Waals surface area (Å²) in [5.41, 5.74) is 10.4. The van der Waals surface area contributed by atoms with Crippen molar-refractivity contribution in [1.29, 1.82) is 0 Å². The summed E-state index contributed by atoms with van der Waals surface area (Å²) in [5.74, 6) is 0.442. The van der Waals surface area contributed by atoms with Crippen molar-refractivity contribution in [2.75, 3.05) is 5.75 Å². The van der Waals surface area contributed by atoms with E-state index >= 15 is 0 Å². The molecule has 0 aromatic carbocycles. The molecule has 0 spiro atoms. The molecular formula is C8H17N3O2S. The summed E-state index contributed by atoms with van der Waals surface area (Å²) in [6, 6.07) is -0.677. The third kappa shape index (κ3) is 6.73. The molecule has 82 valence electrons. The van der Waals surface area contributed by atoms with Crippen molar-refractivity contribution < 1.29 is 9.59 Å². The molecule has 3 amide bonds. The highest BCUT2D eigenvalue weighted by Gasteiger charge is 2.14. The van der Waals surface area contributed by atoms with E-state index in [9.17, 15) is 9.59 Å². The summed E-state index contributed by atoms with van der Waals surface area (Å²) in [7, 11) is 0. The lowest BCUT2D eigenvalue weighted by atomic mass is 10.3. The molecule has 0 aromatic rings. The molecule has 6 heteroatoms. The minimum atomic E-state index is -0.811. The van der Waals surface area contributed by atoms with Crippen LogP contribution in [0.2, 0.25) is 0 Å². The van der Waals surface area contributed by atoms with Crippen LogP contribution >= 0.6 is 11.8 Å². The summed E-state index contributed by atoms with van der Waals surface area (Å²) < 4.78 is 0. The Morgan fingerprint density at radius 1 is 1.43 bits per heavy atom. The smallest absolute Gasteiger partial charge is 0.318 e. The van der Waals surface area contributed by atoms with Gasteiger partial charge in [0.25, 0.3) is 0 Å². The van der Waals surface area contributed by atoms with Crippen LogP contribution in [0.4, 0.5) is 4.79 Å². The zero-order valence-corrected chi connectivity index (χ0v) is 9.26. The first-order valence-electron chi connectivity index (χ1n) is 4.41. The Bertz CT molecular complexity index is 209. The largest absolute Gasteiger partial charge is 0.351 e. The van der Waals surface area contributed by atoms with Crippen molar-refractivity contribution >= 4 is 23.7 Å². The first-order valence-corrected chi connectivity index (χ1v) is 5.46. The van der Waals surface area contributed by atoms with Crippen molar-refractivity contribution in [2.24, 2.45) is 11.5 Å². The van der Waals surface area contributed by atoms with Crippen LogP contribution in [0.15, 0.2) is 0 Å². The zero-order valence-electron chi connectivity index (χ0n) is 8.45. The lowest BCUT2D eigenvalue weighted by Crippen LogP contribution is -2.39. The molecule has 2 unspecified atom stereocenters. The monoisotopic (exact) mass is 219 g/mol. The Kier molecular flexibility index (Phi) is 6.31. The molecular weight excluding hydrogens is 202 g/mol. The number of primary amides is 1. The van der Waals surface area contributed by atoms with Crippen LogP contribution in [0.5, 0.6) is 0 Å². The average molecular weight is 219 g/mol. The van der Waals surface area contributed by atoms with Gasteiger partial charge >= 0.3 is 6.03 Å². The second-order valence-electron chi connectivity index (χ2n) is 3.13. The number of nitrogens with two attached hydrogens (primary N) is 2. The molecule has 0 fully saturated rings. The van der Waals surface area contributed by atoms with Crippen LogP contribution in [0.25, 0.3) is 0 Å². The summed E-state index contributed by atoms with van der Waals surface area (Å²) in [6.45, 7) is 3.64. The van der Waals surface area contributed by atoms with E-state index in [1.54, 1.807) is 6.92 Å². The Morgan fingerprint density at radius 2 is 2.00 bits per heavy atom. The predicted molar refractivity (Wildman–Crippen MR) is 57.9 cm³/mol. The highest BCUT2D eigenvalue weighted by molar-refractivity contribution is 8.00. The molecule has 0 aliphatic rings. The Labute approximate surface area is 88.0 Å². The van der Waals surface area contributed by atoms with Gasteiger partial charge in [0.2, 0.25) is 5.91 Å². The van der Waals surface area contributed by atoms with Gasteiger partial charge in [-0.1, -0.05) is 0 Å². The molecule has 2 atom stereocenters. The number of hydrogen-bond donors (Lipinski definition) is 3. The topological polar surface area (TPSA) is 98.2 Å². The number of rotatable bonds is 5. The van der Waals surface area contributed by atoms with Gasteiger partial charge in [-0.2, -0.15) is 0 Å². The maximum absolute atomic E-state index is 11.2. The second-order valence-corrected chi connectivity index (χ2v) is 4.58. The van der Waals surface area contributed by atoms with Gasteiger partial charge in [-0.25, -0.2) is 4.79 Å². The molecule has 5 nitrogen and oxygen atoms in total. The van der Waals surface area contributed by atoms with Crippen molar-refractivity contribution in [3.8, 4) is 0 Å². The summed E-state index contributed by atoms with van der Waals surface area (Å²) in [5, 5.41) is 1.75. The minimum absolute atomic E-state index is 0.133. The van der Waals surface area contributed by atoms with Crippen LogP contribution in [0, 0.1) is 0 Å². The number of nitrogens with one attached hydrogen (secondary N) is 1. The van der Waals surface area contributed by atoms with E-state index in [2.05, 4.69) is 0 Å². The molecule has 0 saturated carbocycles. The van der Waals surface area contributed by atoms with E-state index in [0.717, 1.165) is 12.2 Å². The molecule has 0 bridgehead atoms. The van der Waals surface area contributed by atoms with E-state index < -0.39 is 6.03 Å². The average Bonchev–Trinajstić information content (AvgIpc) is 2.01. The van der Waals surface area contributed by atoms with Gasteiger partial charge in [0.15, 0.2) is 0 Å². The fourth-order valence-corrected chi connectivity index (χ4v) is 1.80. The lowest BCUT2D eigenvalue weighted by molar-refractivity contribution is -0.119. The van der Waals surface area contributed by atoms with Gasteiger partial charge in [-0.15, -0.1) is 11.8 Å². The fourth-order valence-electron chi connectivity index (χ4n) is 0.729. The van der Waals surface area contributed by atoms with Crippen LogP contribution in [-0.4, -0.2) is 29.0 Å². The summed E-state index contributed by atoms with van der Waals surface area (Å²) in [6.07, 6.45) is 0.846. The Balaban J connectivity index is 3.67. The summed E-state index contributed by atoms with van der Waals surface area (Å²) >= 11 is 1.45. The van der Waals surface area contributed by atoms with Gasteiger partial charge in [-0.05, 0) is 26.0 Å². The third-order valence-electron chi connectivity index (χ3n) is 1.56. The molecule has 0 radical (unpaired) electrons. The van der Waals surface area contributed by atoms with E-state index in [4.69, 9.17) is 11.5 Å². The number of carbonyl (C=O) groups is 2. The quantitative estimate of drug-likeness (QED) is 0.608. The van der Waals surface area contributed by atoms with Crippen molar-refractivity contribution in [3.05, 3.63) is 0 Å². The number of hydrogen-bond acceptors (Lipinski definition) is 4. The highest BCUT2D eigenvalue weighted by Crippen LogP contribution is 2.12. The molecule has 0 saturated heterocycles. The van der Waals surface area contributed by atoms with Gasteiger partial charge in [0.05, 0.1) is 5.25 Å². The van der Waals surface area contributed by atoms with Crippen LogP contribution in [0.1, 0.15) is 20.3 Å². The third-order valence-corrected chi connectivity index (χ3v) is 2.74. The lowest BCUT2D eigenvalue weighted by Gasteiger charge is -2.10. The molecule has 0 rings (SSSR count). The standard InChI is InChI=1S/C8H17N3O2S/c1-5(9)3-4-14-6(2)7(12)11-8(10)13/h5-6H,3-4,9H2,1-2H3,(H3,10,11,12,13). The first-order chi connectivity index (χ1) is 6.43. The first kappa shape index (κ1) is 13.2. The van der Waals surface area contributed by atoms with Crippen LogP contribution < -0.4 is 16.8 Å². The van der Waals surface area contributed by atoms with E-state index in [-0.39, 0.29) is 17.2 Å². The predicted octanol–water partition coefficient (Wildman–Crippen LogP) is 0.0403. The van der Waals surface area contributed by atoms with Gasteiger partial charge in [0, 0.05) is 6.04 Å². The highest BCUT2D eigenvalue weighted by atomic mass is 32.2. The normalized spacial score (nSPS) is 14.5. The van der Waals surface area contributed by atoms with Gasteiger partial charge < -0.3 is 11.5 Å². The van der Waals surface area contributed by atoms with Crippen LogP contribution in [-0.2, 0) is 4.79 Å². The number of urea groups is 1.